The molecule has 7 nitrogen and oxygen atoms in total. The number of amides is 2. The van der Waals surface area contributed by atoms with Crippen molar-refractivity contribution in [2.45, 2.75) is 102 Å². The minimum atomic E-state index is -4.60. The number of benzene rings is 2. The van der Waals surface area contributed by atoms with Gasteiger partial charge in [0.05, 0.1) is 24.4 Å². The molecule has 0 saturated carbocycles. The summed E-state index contributed by atoms with van der Waals surface area (Å²) in [6.07, 6.45) is -0.776. The van der Waals surface area contributed by atoms with Crippen molar-refractivity contribution in [1.29, 1.82) is 5.41 Å². The van der Waals surface area contributed by atoms with Crippen molar-refractivity contribution < 1.29 is 27.5 Å². The standard InChI is InChI=1S/C32H37F3N4O3/c1-4-31-12-6-5-7-18-8-11-25-22(13-18)24(16-30(2,3)42-25)37-28(41)20-10-9-19-15-23(32(33,34)35)27(21(19)14-20)39(26(40)17-31)29(36)38-31/h8-11,13-14,23-24,27H,4-7,12,15-17H2,1-3H3,(H2,36,38)(H,37,41)/t23-,24+,27+,31-/m1/s1. The molecule has 42 heavy (non-hydrogen) atoms. The normalized spacial score (nSPS) is 28.9. The van der Waals surface area contributed by atoms with Crippen molar-refractivity contribution in [3.8, 4) is 5.75 Å². The van der Waals surface area contributed by atoms with Crippen LogP contribution < -0.4 is 15.4 Å². The largest absolute Gasteiger partial charge is 0.487 e. The van der Waals surface area contributed by atoms with Gasteiger partial charge in [-0.3, -0.25) is 19.9 Å². The molecule has 4 heterocycles. The molecule has 7 rings (SSSR count). The summed E-state index contributed by atoms with van der Waals surface area (Å²) < 4.78 is 49.5. The zero-order chi connectivity index (χ0) is 30.0. The molecule has 0 spiro atoms. The number of nitrogens with zero attached hydrogens (tertiary/aromatic N) is 1. The number of ether oxygens (including phenoxy) is 1. The van der Waals surface area contributed by atoms with Crippen LogP contribution in [0.15, 0.2) is 36.4 Å². The Bertz CT molecular complexity index is 1430. The Hall–Kier alpha value is -3.56. The van der Waals surface area contributed by atoms with Crippen LogP contribution in [0.1, 0.15) is 104 Å². The van der Waals surface area contributed by atoms with E-state index in [4.69, 9.17) is 10.1 Å². The topological polar surface area (TPSA) is 94.5 Å². The molecule has 5 aliphatic rings. The van der Waals surface area contributed by atoms with E-state index in [9.17, 15) is 22.8 Å². The number of rotatable bonds is 1. The van der Waals surface area contributed by atoms with Crippen molar-refractivity contribution in [3.05, 3.63) is 64.2 Å². The van der Waals surface area contributed by atoms with Crippen LogP contribution in [0.3, 0.4) is 0 Å². The van der Waals surface area contributed by atoms with E-state index in [0.717, 1.165) is 35.3 Å². The molecular weight excluding hydrogens is 545 g/mol. The summed E-state index contributed by atoms with van der Waals surface area (Å²) in [7, 11) is 0. The number of nitrogens with one attached hydrogen (secondary N) is 3. The van der Waals surface area contributed by atoms with Crippen LogP contribution in [0, 0.1) is 11.3 Å². The molecule has 2 amide bonds. The fourth-order valence-electron chi connectivity index (χ4n) is 7.29. The Kier molecular flexibility index (Phi) is 6.81. The van der Waals surface area contributed by atoms with E-state index in [1.54, 1.807) is 12.1 Å². The lowest BCUT2D eigenvalue weighted by Crippen LogP contribution is -2.63. The smallest absolute Gasteiger partial charge is 0.394 e. The van der Waals surface area contributed by atoms with E-state index in [2.05, 4.69) is 16.7 Å². The van der Waals surface area contributed by atoms with Crippen LogP contribution >= 0.6 is 0 Å². The van der Waals surface area contributed by atoms with Crippen molar-refractivity contribution in [1.82, 2.24) is 15.5 Å². The van der Waals surface area contributed by atoms with E-state index < -0.39 is 41.1 Å². The molecule has 1 saturated heterocycles. The molecule has 0 unspecified atom stereocenters. The van der Waals surface area contributed by atoms with Crippen LogP contribution in [0.2, 0.25) is 0 Å². The number of aryl methyl sites for hydroxylation is 1. The lowest BCUT2D eigenvalue weighted by molar-refractivity contribution is -0.187. The Morgan fingerprint density at radius 2 is 1.88 bits per heavy atom. The maximum Gasteiger partial charge on any atom is 0.394 e. The SMILES string of the molecule is CC[C@]12CCCCc3ccc4c(c3)[C@H](CC(C)(C)O4)NC(=O)c3ccc4c(c3)[C@@H]([C@H](C(F)(F)F)C4)N(C(=N)N1)C(=O)C2. The summed E-state index contributed by atoms with van der Waals surface area (Å²) in [4.78, 5) is 28.3. The monoisotopic (exact) mass is 582 g/mol. The number of halogens is 3. The van der Waals surface area contributed by atoms with E-state index in [1.807, 2.05) is 32.9 Å². The first-order valence-electron chi connectivity index (χ1n) is 14.8. The zero-order valence-corrected chi connectivity index (χ0v) is 24.2. The summed E-state index contributed by atoms with van der Waals surface area (Å²) in [5.74, 6) is -2.37. The lowest BCUT2D eigenvalue weighted by Gasteiger charge is -2.46. The van der Waals surface area contributed by atoms with Crippen LogP contribution in [0.5, 0.6) is 5.75 Å². The number of guanidine groups is 1. The van der Waals surface area contributed by atoms with Gasteiger partial charge in [-0.1, -0.05) is 31.5 Å². The predicted molar refractivity (Wildman–Crippen MR) is 151 cm³/mol. The average molecular weight is 583 g/mol. The summed E-state index contributed by atoms with van der Waals surface area (Å²) in [6.45, 7) is 5.87. The molecule has 0 radical (unpaired) electrons. The maximum absolute atomic E-state index is 14.4. The van der Waals surface area contributed by atoms with Gasteiger partial charge < -0.3 is 15.4 Å². The third-order valence-electron chi connectivity index (χ3n) is 9.51. The molecule has 2 aromatic carbocycles. The molecule has 2 aromatic rings. The van der Waals surface area contributed by atoms with Crippen LogP contribution in [0.4, 0.5) is 13.2 Å². The maximum atomic E-state index is 14.4. The third-order valence-corrected chi connectivity index (χ3v) is 9.51. The first kappa shape index (κ1) is 28.6. The highest BCUT2D eigenvalue weighted by atomic mass is 19.4. The quantitative estimate of drug-likeness (QED) is 0.377. The molecule has 4 aliphatic heterocycles. The molecule has 4 atom stereocenters. The van der Waals surface area contributed by atoms with Gasteiger partial charge in [-0.25, -0.2) is 0 Å². The van der Waals surface area contributed by atoms with Crippen molar-refractivity contribution >= 4 is 17.8 Å². The summed E-state index contributed by atoms with van der Waals surface area (Å²) in [5.41, 5.74) is 1.72. The Labute approximate surface area is 243 Å². The molecule has 3 N–H and O–H groups in total. The number of fused-ring (bicyclic) bond motifs is 6. The highest BCUT2D eigenvalue weighted by molar-refractivity contribution is 6.00. The second-order valence-corrected chi connectivity index (χ2v) is 12.9. The van der Waals surface area contributed by atoms with Gasteiger partial charge >= 0.3 is 6.18 Å². The lowest BCUT2D eigenvalue weighted by atomic mass is 9.82. The van der Waals surface area contributed by atoms with Gasteiger partial charge in [0.15, 0.2) is 5.96 Å². The Morgan fingerprint density at radius 1 is 1.10 bits per heavy atom. The fourth-order valence-corrected chi connectivity index (χ4v) is 7.29. The number of carbonyl (C=O) groups is 2. The highest BCUT2D eigenvalue weighted by Gasteiger charge is 2.55. The summed E-state index contributed by atoms with van der Waals surface area (Å²) in [6, 6.07) is 8.90. The van der Waals surface area contributed by atoms with E-state index in [-0.39, 0.29) is 36.0 Å². The summed E-state index contributed by atoms with van der Waals surface area (Å²) in [5, 5.41) is 15.1. The van der Waals surface area contributed by atoms with Crippen LogP contribution in [0.25, 0.3) is 0 Å². The van der Waals surface area contributed by atoms with E-state index in [0.29, 0.717) is 30.6 Å². The molecule has 6 bridgehead atoms. The van der Waals surface area contributed by atoms with Gasteiger partial charge in [0.25, 0.3) is 5.91 Å². The van der Waals surface area contributed by atoms with Gasteiger partial charge in [0.1, 0.15) is 11.4 Å². The van der Waals surface area contributed by atoms with E-state index >= 15 is 0 Å². The second-order valence-electron chi connectivity index (χ2n) is 12.9. The Morgan fingerprint density at radius 3 is 2.60 bits per heavy atom. The van der Waals surface area contributed by atoms with Gasteiger partial charge in [-0.15, -0.1) is 0 Å². The molecule has 224 valence electrons. The first-order chi connectivity index (χ1) is 19.8. The number of carbonyl (C=O) groups excluding carboxylic acids is 2. The minimum Gasteiger partial charge on any atom is -0.487 e. The number of hydrogen-bond donors (Lipinski definition) is 3. The van der Waals surface area contributed by atoms with Gasteiger partial charge in [0, 0.05) is 23.1 Å². The Balaban J connectivity index is 1.45. The molecule has 0 aromatic heterocycles. The predicted octanol–water partition coefficient (Wildman–Crippen LogP) is 6.13. The van der Waals surface area contributed by atoms with Crippen molar-refractivity contribution in [3.63, 3.8) is 0 Å². The molecule has 10 heteroatoms. The highest BCUT2D eigenvalue weighted by Crippen LogP contribution is 2.50. The average Bonchev–Trinajstić information content (AvgIpc) is 3.29. The third kappa shape index (κ3) is 5.02. The summed E-state index contributed by atoms with van der Waals surface area (Å²) >= 11 is 0. The number of alkyl halides is 3. The van der Waals surface area contributed by atoms with E-state index in [1.165, 1.54) is 6.07 Å². The molecule has 1 fully saturated rings. The van der Waals surface area contributed by atoms with Gasteiger partial charge in [-0.2, -0.15) is 13.2 Å². The first-order valence-corrected chi connectivity index (χ1v) is 14.8. The van der Waals surface area contributed by atoms with Crippen molar-refractivity contribution in [2.75, 3.05) is 0 Å². The van der Waals surface area contributed by atoms with Gasteiger partial charge in [-0.05, 0) is 80.8 Å². The van der Waals surface area contributed by atoms with Gasteiger partial charge in [0.2, 0.25) is 5.91 Å². The zero-order valence-electron chi connectivity index (χ0n) is 24.2. The minimum absolute atomic E-state index is 0.0100. The van der Waals surface area contributed by atoms with Crippen LogP contribution in [-0.4, -0.2) is 40.0 Å². The fraction of sp³-hybridized carbons (Fsp3) is 0.531. The molecular formula is C32H37F3N4O3. The number of hydrogen-bond acceptors (Lipinski definition) is 4. The molecule has 1 aliphatic carbocycles. The van der Waals surface area contributed by atoms with Crippen molar-refractivity contribution in [2.24, 2.45) is 5.92 Å². The second kappa shape index (κ2) is 10.0. The van der Waals surface area contributed by atoms with Crippen LogP contribution in [-0.2, 0) is 17.6 Å².